The molecule has 0 heterocycles. The molecule has 0 spiro atoms. The van der Waals surface area contributed by atoms with Crippen LogP contribution in [0.2, 0.25) is 0 Å². The van der Waals surface area contributed by atoms with Gasteiger partial charge in [0.25, 0.3) is 0 Å². The first-order valence-corrected chi connectivity index (χ1v) is 10.4. The number of amides is 1. The molecule has 132 valence electrons. The number of rotatable bonds is 12. The third-order valence-electron chi connectivity index (χ3n) is 2.41. The van der Waals surface area contributed by atoms with Gasteiger partial charge in [-0.2, -0.15) is 0 Å². The highest BCUT2D eigenvalue weighted by Gasteiger charge is 2.27. The molecule has 12 heteroatoms. The van der Waals surface area contributed by atoms with Crippen molar-refractivity contribution in [1.82, 2.24) is 15.5 Å². The quantitative estimate of drug-likeness (QED) is 0.191. The summed E-state index contributed by atoms with van der Waals surface area (Å²) in [6.45, 7) is 3.52. The molecule has 0 aliphatic heterocycles. The Labute approximate surface area is 129 Å². The van der Waals surface area contributed by atoms with Gasteiger partial charge < -0.3 is 30.2 Å². The molecule has 0 unspecified atom stereocenters. The van der Waals surface area contributed by atoms with Crippen LogP contribution in [0.5, 0.6) is 0 Å². The number of nitrogens with one attached hydrogen (secondary N) is 2. The molecule has 10 nitrogen and oxygen atoms in total. The van der Waals surface area contributed by atoms with Gasteiger partial charge >= 0.3 is 15.2 Å². The third kappa shape index (κ3) is 14.6. The smallest absolute Gasteiger partial charge is 0.339 e. The second-order valence-electron chi connectivity index (χ2n) is 4.89. The molecule has 0 aromatic rings. The maximum Gasteiger partial charge on any atom is 0.339 e. The lowest BCUT2D eigenvalue weighted by Gasteiger charge is -2.22. The number of hydrogen-bond acceptors (Lipinski definition) is 5. The third-order valence-corrected chi connectivity index (χ3v) is 3.95. The minimum atomic E-state index is -4.52. The van der Waals surface area contributed by atoms with Crippen LogP contribution in [0.25, 0.3) is 0 Å². The highest BCUT2D eigenvalue weighted by molar-refractivity contribution is 7.52. The minimum Gasteiger partial charge on any atom is -0.355 e. The van der Waals surface area contributed by atoms with Crippen LogP contribution >= 0.6 is 15.2 Å². The molecule has 6 N–H and O–H groups in total. The molecule has 0 aliphatic carbocycles. The summed E-state index contributed by atoms with van der Waals surface area (Å²) in [6, 6.07) is 0. The van der Waals surface area contributed by atoms with E-state index in [1.54, 1.807) is 0 Å². The van der Waals surface area contributed by atoms with Gasteiger partial charge in [-0.05, 0) is 25.9 Å². The lowest BCUT2D eigenvalue weighted by molar-refractivity contribution is -0.121. The SMILES string of the molecule is CCCNCCCNC(=O)CN(CP(=O)(O)O)CP(=O)(O)O. The first-order valence-electron chi connectivity index (χ1n) is 6.82. The van der Waals surface area contributed by atoms with Crippen LogP contribution in [0.4, 0.5) is 0 Å². The van der Waals surface area contributed by atoms with Crippen LogP contribution in [0, 0.1) is 0 Å². The van der Waals surface area contributed by atoms with E-state index in [0.29, 0.717) is 13.0 Å². The van der Waals surface area contributed by atoms with Gasteiger partial charge in [-0.1, -0.05) is 6.92 Å². The number of hydrogen-bond donors (Lipinski definition) is 6. The van der Waals surface area contributed by atoms with Crippen molar-refractivity contribution in [2.24, 2.45) is 0 Å². The maximum atomic E-state index is 11.6. The maximum absolute atomic E-state index is 11.6. The summed E-state index contributed by atoms with van der Waals surface area (Å²) in [6.07, 6.45) is -0.0814. The Kier molecular flexibility index (Phi) is 10.3. The molecule has 0 saturated heterocycles. The Bertz CT molecular complexity index is 399. The van der Waals surface area contributed by atoms with Gasteiger partial charge in [0.2, 0.25) is 5.91 Å². The van der Waals surface area contributed by atoms with Crippen molar-refractivity contribution in [1.29, 1.82) is 0 Å². The van der Waals surface area contributed by atoms with E-state index in [1.807, 2.05) is 6.92 Å². The molecule has 0 atom stereocenters. The summed E-state index contributed by atoms with van der Waals surface area (Å²) in [5, 5.41) is 5.68. The van der Waals surface area contributed by atoms with Gasteiger partial charge in [-0.15, -0.1) is 0 Å². The molecule has 0 fully saturated rings. The Morgan fingerprint density at radius 2 is 1.55 bits per heavy atom. The summed E-state index contributed by atoms with van der Waals surface area (Å²) < 4.78 is 21.9. The fourth-order valence-corrected chi connectivity index (χ4v) is 3.27. The molecule has 22 heavy (non-hydrogen) atoms. The zero-order valence-electron chi connectivity index (χ0n) is 12.5. The van der Waals surface area contributed by atoms with Crippen molar-refractivity contribution in [3.63, 3.8) is 0 Å². The first-order chi connectivity index (χ1) is 10.0. The van der Waals surface area contributed by atoms with E-state index in [2.05, 4.69) is 10.6 Å². The summed E-state index contributed by atoms with van der Waals surface area (Å²) in [4.78, 5) is 47.9. The van der Waals surface area contributed by atoms with Gasteiger partial charge in [0.15, 0.2) is 0 Å². The Balaban J connectivity index is 4.21. The van der Waals surface area contributed by atoms with E-state index < -0.39 is 40.2 Å². The van der Waals surface area contributed by atoms with Crippen LogP contribution in [-0.4, -0.2) is 69.1 Å². The van der Waals surface area contributed by atoms with Crippen molar-refractivity contribution >= 4 is 21.1 Å². The predicted octanol–water partition coefficient (Wildman–Crippen LogP) is -0.935. The molecule has 1 amide bonds. The van der Waals surface area contributed by atoms with Crippen molar-refractivity contribution in [3.05, 3.63) is 0 Å². The minimum absolute atomic E-state index is 0.370. The summed E-state index contributed by atoms with van der Waals surface area (Å²) in [5.41, 5.74) is 0. The van der Waals surface area contributed by atoms with Crippen LogP contribution in [0.15, 0.2) is 0 Å². The largest absolute Gasteiger partial charge is 0.355 e. The van der Waals surface area contributed by atoms with Gasteiger partial charge in [0.05, 0.1) is 6.54 Å². The predicted molar refractivity (Wildman–Crippen MR) is 81.3 cm³/mol. The Morgan fingerprint density at radius 3 is 2.00 bits per heavy atom. The number of nitrogens with zero attached hydrogens (tertiary/aromatic N) is 1. The average molecular weight is 361 g/mol. The van der Waals surface area contributed by atoms with Crippen molar-refractivity contribution in [3.8, 4) is 0 Å². The zero-order chi connectivity index (χ0) is 17.2. The average Bonchev–Trinajstić information content (AvgIpc) is 2.29. The van der Waals surface area contributed by atoms with E-state index in [9.17, 15) is 13.9 Å². The van der Waals surface area contributed by atoms with Crippen molar-refractivity contribution in [2.75, 3.05) is 38.8 Å². The van der Waals surface area contributed by atoms with E-state index in [1.165, 1.54) is 0 Å². The van der Waals surface area contributed by atoms with Gasteiger partial charge in [0.1, 0.15) is 12.6 Å². The van der Waals surface area contributed by atoms with Crippen LogP contribution in [-0.2, 0) is 13.9 Å². The number of carbonyl (C=O) groups is 1. The fourth-order valence-electron chi connectivity index (χ4n) is 1.67. The monoisotopic (exact) mass is 361 g/mol. The fraction of sp³-hybridized carbons (Fsp3) is 0.900. The van der Waals surface area contributed by atoms with E-state index in [-0.39, 0.29) is 0 Å². The van der Waals surface area contributed by atoms with Crippen LogP contribution in [0.3, 0.4) is 0 Å². The topological polar surface area (TPSA) is 159 Å². The Hall–Kier alpha value is -0.310. The molecule has 0 saturated carbocycles. The normalized spacial score (nSPS) is 12.6. The second kappa shape index (κ2) is 10.5. The molecule has 0 aromatic heterocycles. The molecule has 0 radical (unpaired) electrons. The van der Waals surface area contributed by atoms with Crippen molar-refractivity contribution in [2.45, 2.75) is 19.8 Å². The highest BCUT2D eigenvalue weighted by atomic mass is 31.2. The van der Waals surface area contributed by atoms with Gasteiger partial charge in [-0.25, -0.2) is 0 Å². The van der Waals surface area contributed by atoms with Gasteiger partial charge in [-0.3, -0.25) is 18.8 Å². The molecule has 0 rings (SSSR count). The molecular weight excluding hydrogens is 336 g/mol. The first kappa shape index (κ1) is 21.7. The van der Waals surface area contributed by atoms with Crippen LogP contribution in [0.1, 0.15) is 19.8 Å². The van der Waals surface area contributed by atoms with Gasteiger partial charge in [0, 0.05) is 6.54 Å². The molecule has 0 bridgehead atoms. The van der Waals surface area contributed by atoms with E-state index >= 15 is 0 Å². The van der Waals surface area contributed by atoms with Crippen LogP contribution < -0.4 is 10.6 Å². The summed E-state index contributed by atoms with van der Waals surface area (Å²) >= 11 is 0. The summed E-state index contributed by atoms with van der Waals surface area (Å²) in [5.74, 6) is -0.544. The second-order valence-corrected chi connectivity index (χ2v) is 8.12. The van der Waals surface area contributed by atoms with Crippen molar-refractivity contribution < 1.29 is 33.5 Å². The highest BCUT2D eigenvalue weighted by Crippen LogP contribution is 2.40. The molecular formula is C10H25N3O7P2. The Morgan fingerprint density at radius 1 is 1.00 bits per heavy atom. The van der Waals surface area contributed by atoms with E-state index in [4.69, 9.17) is 19.6 Å². The van der Waals surface area contributed by atoms with E-state index in [0.717, 1.165) is 24.4 Å². The lowest BCUT2D eigenvalue weighted by atomic mass is 10.4. The zero-order valence-corrected chi connectivity index (χ0v) is 14.3. The number of carbonyl (C=O) groups excluding carboxylic acids is 1. The molecule has 0 aliphatic rings. The standard InChI is InChI=1S/C10H25N3O7P2/c1-2-4-11-5-3-6-12-10(14)7-13(8-21(15,16)17)9-22(18,19)20/h11H,2-9H2,1H3,(H,12,14)(H2,15,16,17)(H2,18,19,20). The summed E-state index contributed by atoms with van der Waals surface area (Å²) in [7, 11) is -9.03. The molecule has 0 aromatic carbocycles. The lowest BCUT2D eigenvalue weighted by Crippen LogP contribution is -2.39.